The number of carbonyl (C=O) groups is 1. The van der Waals surface area contributed by atoms with Crippen LogP contribution in [-0.2, 0) is 18.2 Å². The van der Waals surface area contributed by atoms with Crippen LogP contribution < -0.4 is 15.7 Å². The number of nitrogens with one attached hydrogen (secondary N) is 1. The first-order chi connectivity index (χ1) is 15.8. The lowest BCUT2D eigenvalue weighted by molar-refractivity contribution is 0.0122. The van der Waals surface area contributed by atoms with E-state index in [-0.39, 0.29) is 34.8 Å². The van der Waals surface area contributed by atoms with Crippen molar-refractivity contribution in [2.24, 2.45) is 7.05 Å². The van der Waals surface area contributed by atoms with E-state index in [1.807, 2.05) is 26.8 Å². The zero-order valence-corrected chi connectivity index (χ0v) is 19.4. The van der Waals surface area contributed by atoms with Gasteiger partial charge < -0.3 is 14.0 Å². The molecule has 1 saturated heterocycles. The average Bonchev–Trinajstić information content (AvgIpc) is 3.06. The molecular formula is C24H29FN4O4. The molecule has 176 valence electrons. The van der Waals surface area contributed by atoms with Crippen LogP contribution >= 0.6 is 0 Å². The van der Waals surface area contributed by atoms with Crippen LogP contribution in [0.2, 0.25) is 0 Å². The number of rotatable bonds is 6. The van der Waals surface area contributed by atoms with Crippen molar-refractivity contribution in [3.8, 4) is 11.4 Å². The summed E-state index contributed by atoms with van der Waals surface area (Å²) in [7, 11) is 1.75. The first-order valence-electron chi connectivity index (χ1n) is 11.1. The molecule has 1 aliphatic rings. The number of ether oxygens (including phenoxy) is 2. The molecule has 0 bridgehead atoms. The number of hydrazine groups is 1. The molecule has 2 aromatic heterocycles. The number of halogens is 1. The van der Waals surface area contributed by atoms with Gasteiger partial charge in [-0.15, -0.1) is 0 Å². The van der Waals surface area contributed by atoms with Crippen molar-refractivity contribution in [2.75, 3.05) is 26.3 Å². The third kappa shape index (κ3) is 4.38. The highest BCUT2D eigenvalue weighted by molar-refractivity contribution is 6.04. The SMILES string of the molecule is CCc1cc2c(c(OC(C)C)c(C(=O)NN3CCOCC3)n2C)c(=O)n1-c1ccc(F)cc1. The molecule has 0 atom stereocenters. The van der Waals surface area contributed by atoms with Crippen molar-refractivity contribution in [2.45, 2.75) is 33.3 Å². The lowest BCUT2D eigenvalue weighted by Crippen LogP contribution is -2.48. The zero-order chi connectivity index (χ0) is 23.7. The Morgan fingerprint density at radius 3 is 2.48 bits per heavy atom. The lowest BCUT2D eigenvalue weighted by atomic mass is 10.2. The summed E-state index contributed by atoms with van der Waals surface area (Å²) in [6, 6.07) is 7.67. The summed E-state index contributed by atoms with van der Waals surface area (Å²) in [5.41, 5.74) is 4.79. The number of aromatic nitrogens is 2. The molecule has 33 heavy (non-hydrogen) atoms. The summed E-state index contributed by atoms with van der Waals surface area (Å²) >= 11 is 0. The molecule has 1 aromatic carbocycles. The fourth-order valence-corrected chi connectivity index (χ4v) is 4.13. The Kier molecular flexibility index (Phi) is 6.53. The number of amides is 1. The minimum Gasteiger partial charge on any atom is -0.488 e. The number of carbonyl (C=O) groups excluding carboxylic acids is 1. The molecule has 9 heteroatoms. The van der Waals surface area contributed by atoms with Gasteiger partial charge in [0.25, 0.3) is 11.5 Å². The summed E-state index contributed by atoms with van der Waals surface area (Å²) < 4.78 is 28.2. The van der Waals surface area contributed by atoms with Gasteiger partial charge in [-0.25, -0.2) is 9.40 Å². The second kappa shape index (κ2) is 9.36. The molecule has 8 nitrogen and oxygen atoms in total. The standard InChI is InChI=1S/C24H29FN4O4/c1-5-17-14-19-20(24(31)29(17)18-8-6-16(25)7-9-18)22(33-15(2)3)21(27(19)4)23(30)26-28-10-12-32-13-11-28/h6-9,14-15H,5,10-13H2,1-4H3,(H,26,30). The van der Waals surface area contributed by atoms with Crippen LogP contribution in [0.4, 0.5) is 4.39 Å². The van der Waals surface area contributed by atoms with Gasteiger partial charge in [0, 0.05) is 31.5 Å². The Labute approximate surface area is 191 Å². The molecule has 3 aromatic rings. The van der Waals surface area contributed by atoms with E-state index in [1.54, 1.807) is 33.3 Å². The summed E-state index contributed by atoms with van der Waals surface area (Å²) in [6.45, 7) is 7.87. The molecule has 4 rings (SSSR count). The van der Waals surface area contributed by atoms with Gasteiger partial charge >= 0.3 is 0 Å². The number of pyridine rings is 1. The Morgan fingerprint density at radius 2 is 1.88 bits per heavy atom. The first-order valence-corrected chi connectivity index (χ1v) is 11.1. The number of hydrogen-bond donors (Lipinski definition) is 1. The number of morpholine rings is 1. The molecule has 1 aliphatic heterocycles. The second-order valence-electron chi connectivity index (χ2n) is 8.31. The van der Waals surface area contributed by atoms with Gasteiger partial charge in [0.1, 0.15) is 11.2 Å². The smallest absolute Gasteiger partial charge is 0.286 e. The maximum atomic E-state index is 13.8. The van der Waals surface area contributed by atoms with Crippen molar-refractivity contribution in [1.29, 1.82) is 0 Å². The van der Waals surface area contributed by atoms with Crippen LogP contribution in [0.3, 0.4) is 0 Å². The van der Waals surface area contributed by atoms with Gasteiger partial charge in [-0.1, -0.05) is 6.92 Å². The van der Waals surface area contributed by atoms with Gasteiger partial charge in [0.05, 0.1) is 24.8 Å². The van der Waals surface area contributed by atoms with Gasteiger partial charge in [0.15, 0.2) is 11.4 Å². The molecule has 1 fully saturated rings. The highest BCUT2D eigenvalue weighted by Crippen LogP contribution is 2.32. The topological polar surface area (TPSA) is 77.7 Å². The van der Waals surface area contributed by atoms with Crippen molar-refractivity contribution >= 4 is 16.8 Å². The van der Waals surface area contributed by atoms with Crippen molar-refractivity contribution < 1.29 is 18.7 Å². The van der Waals surface area contributed by atoms with E-state index >= 15 is 0 Å². The van der Waals surface area contributed by atoms with E-state index in [1.165, 1.54) is 12.1 Å². The maximum Gasteiger partial charge on any atom is 0.286 e. The van der Waals surface area contributed by atoms with Gasteiger partial charge in [0.2, 0.25) is 0 Å². The predicted molar refractivity (Wildman–Crippen MR) is 123 cm³/mol. The Hall–Kier alpha value is -3.17. The summed E-state index contributed by atoms with van der Waals surface area (Å²) in [4.78, 5) is 27.1. The Morgan fingerprint density at radius 1 is 1.21 bits per heavy atom. The van der Waals surface area contributed by atoms with E-state index in [2.05, 4.69) is 5.43 Å². The first kappa shape index (κ1) is 23.0. The Balaban J connectivity index is 1.92. The van der Waals surface area contributed by atoms with Crippen LogP contribution in [0, 0.1) is 5.82 Å². The van der Waals surface area contributed by atoms with Crippen molar-refractivity contribution in [3.63, 3.8) is 0 Å². The minimum absolute atomic E-state index is 0.247. The predicted octanol–water partition coefficient (Wildman–Crippen LogP) is 2.79. The van der Waals surface area contributed by atoms with Gasteiger partial charge in [-0.3, -0.25) is 19.6 Å². The van der Waals surface area contributed by atoms with Crippen molar-refractivity contribution in [3.05, 3.63) is 57.9 Å². The minimum atomic E-state index is -0.378. The molecule has 0 radical (unpaired) electrons. The number of benzene rings is 1. The molecule has 0 unspecified atom stereocenters. The zero-order valence-electron chi connectivity index (χ0n) is 19.4. The van der Waals surface area contributed by atoms with E-state index in [4.69, 9.17) is 9.47 Å². The normalized spacial score (nSPS) is 14.7. The van der Waals surface area contributed by atoms with E-state index < -0.39 is 0 Å². The summed E-state index contributed by atoms with van der Waals surface area (Å²) in [5, 5.41) is 2.12. The molecule has 0 saturated carbocycles. The van der Waals surface area contributed by atoms with Crippen LogP contribution in [-0.4, -0.2) is 52.5 Å². The van der Waals surface area contributed by atoms with Gasteiger partial charge in [-0.05, 0) is 50.6 Å². The molecule has 0 spiro atoms. The van der Waals surface area contributed by atoms with Crippen LogP contribution in [0.1, 0.15) is 37.0 Å². The highest BCUT2D eigenvalue weighted by Gasteiger charge is 2.28. The third-order valence-corrected chi connectivity index (χ3v) is 5.69. The third-order valence-electron chi connectivity index (χ3n) is 5.69. The summed E-state index contributed by atoms with van der Waals surface area (Å²) in [6.07, 6.45) is 0.318. The van der Waals surface area contributed by atoms with Crippen LogP contribution in [0.25, 0.3) is 16.6 Å². The van der Waals surface area contributed by atoms with E-state index in [0.29, 0.717) is 49.3 Å². The molecule has 3 heterocycles. The number of aryl methyl sites for hydroxylation is 2. The molecule has 1 N–H and O–H groups in total. The van der Waals surface area contributed by atoms with Crippen LogP contribution in [0.5, 0.6) is 5.75 Å². The largest absolute Gasteiger partial charge is 0.488 e. The quantitative estimate of drug-likeness (QED) is 0.617. The number of hydrogen-bond acceptors (Lipinski definition) is 5. The molecule has 1 amide bonds. The summed E-state index contributed by atoms with van der Waals surface area (Å²) in [5.74, 6) is -0.481. The average molecular weight is 457 g/mol. The van der Waals surface area contributed by atoms with Crippen LogP contribution in [0.15, 0.2) is 35.1 Å². The number of nitrogens with zero attached hydrogens (tertiary/aromatic N) is 3. The van der Waals surface area contributed by atoms with Gasteiger partial charge in [-0.2, -0.15) is 0 Å². The highest BCUT2D eigenvalue weighted by atomic mass is 19.1. The lowest BCUT2D eigenvalue weighted by Gasteiger charge is -2.27. The van der Waals surface area contributed by atoms with E-state index in [9.17, 15) is 14.0 Å². The monoisotopic (exact) mass is 456 g/mol. The maximum absolute atomic E-state index is 13.8. The van der Waals surface area contributed by atoms with Crippen molar-refractivity contribution in [1.82, 2.24) is 19.6 Å². The molecule has 0 aliphatic carbocycles. The van der Waals surface area contributed by atoms with E-state index in [0.717, 1.165) is 5.69 Å². The molecular weight excluding hydrogens is 427 g/mol. The Bertz CT molecular complexity index is 1220. The fourth-order valence-electron chi connectivity index (χ4n) is 4.13. The number of fused-ring (bicyclic) bond motifs is 1. The fraction of sp³-hybridized carbons (Fsp3) is 0.417. The second-order valence-corrected chi connectivity index (χ2v) is 8.31.